The van der Waals surface area contributed by atoms with Crippen molar-refractivity contribution < 1.29 is 24.3 Å². The molecule has 1 aromatic carbocycles. The maximum Gasteiger partial charge on any atom is 0.307 e. The van der Waals surface area contributed by atoms with Crippen molar-refractivity contribution in [2.75, 3.05) is 0 Å². The minimum atomic E-state index is -1.08. The zero-order valence-corrected chi connectivity index (χ0v) is 8.17. The van der Waals surface area contributed by atoms with Crippen molar-refractivity contribution in [3.8, 4) is 0 Å². The molecule has 0 aliphatic heterocycles. The summed E-state index contributed by atoms with van der Waals surface area (Å²) >= 11 is 0. The molecule has 0 amide bonds. The molecule has 0 aliphatic carbocycles. The molecule has 0 atom stereocenters. The quantitative estimate of drug-likeness (QED) is 0.739. The van der Waals surface area contributed by atoms with Crippen LogP contribution in [0.2, 0.25) is 0 Å². The highest BCUT2D eigenvalue weighted by Crippen LogP contribution is 2.14. The number of hydrogen-bond donors (Lipinski definition) is 1. The monoisotopic (exact) mass is 220 g/mol. The molecule has 0 saturated carbocycles. The molecule has 5 nitrogen and oxygen atoms in total. The second kappa shape index (κ2) is 4.97. The van der Waals surface area contributed by atoms with Gasteiger partial charge < -0.3 is 5.11 Å². The van der Waals surface area contributed by atoms with Crippen LogP contribution in [0.1, 0.15) is 36.6 Å². The number of carbonyl (C=O) groups excluding carboxylic acids is 3. The van der Waals surface area contributed by atoms with Gasteiger partial charge in [0.25, 0.3) is 0 Å². The number of aliphatic carboxylic acids is 1. The van der Waals surface area contributed by atoms with Gasteiger partial charge in [0.1, 0.15) is 0 Å². The van der Waals surface area contributed by atoms with E-state index in [9.17, 15) is 19.2 Å². The molecule has 0 fully saturated rings. The first-order valence-electron chi connectivity index (χ1n) is 4.36. The van der Waals surface area contributed by atoms with Gasteiger partial charge in [0, 0.05) is 16.7 Å². The van der Waals surface area contributed by atoms with E-state index in [0.29, 0.717) is 24.4 Å². The van der Waals surface area contributed by atoms with Crippen molar-refractivity contribution in [3.05, 3.63) is 34.4 Å². The number of hydrogen-bond acceptors (Lipinski definition) is 4. The molecule has 0 saturated heterocycles. The Labute approximate surface area is 90.7 Å². The van der Waals surface area contributed by atoms with E-state index >= 15 is 0 Å². The highest BCUT2D eigenvalue weighted by Gasteiger charge is 2.11. The Kier molecular flexibility index (Phi) is 3.66. The highest BCUT2D eigenvalue weighted by atomic mass is 16.4. The summed E-state index contributed by atoms with van der Waals surface area (Å²) in [4.78, 5) is 42.5. The summed E-state index contributed by atoms with van der Waals surface area (Å²) < 4.78 is 0. The van der Waals surface area contributed by atoms with Crippen LogP contribution in [0, 0.1) is 0 Å². The number of carboxylic acids is 1. The van der Waals surface area contributed by atoms with E-state index in [-0.39, 0.29) is 23.1 Å². The lowest BCUT2D eigenvalue weighted by Gasteiger charge is -2.04. The van der Waals surface area contributed by atoms with Crippen LogP contribution in [-0.2, 0) is 11.2 Å². The van der Waals surface area contributed by atoms with Crippen LogP contribution in [-0.4, -0.2) is 29.9 Å². The third-order valence-electron chi connectivity index (χ3n) is 2.03. The minimum Gasteiger partial charge on any atom is -0.481 e. The fraction of sp³-hybridized carbons (Fsp3) is 0.0909. The lowest BCUT2D eigenvalue weighted by Crippen LogP contribution is -2.05. The molecular weight excluding hydrogens is 212 g/mol. The normalized spacial score (nSPS) is 9.50. The third kappa shape index (κ3) is 2.38. The SMILES string of the molecule is O=Cc1cc(CC(=O)O)cc(C=O)c1C=O. The van der Waals surface area contributed by atoms with Gasteiger partial charge in [-0.3, -0.25) is 19.2 Å². The minimum absolute atomic E-state index is 0.0147. The molecule has 0 aliphatic rings. The lowest BCUT2D eigenvalue weighted by molar-refractivity contribution is -0.136. The number of carboxylic acid groups (broad SMARTS) is 1. The van der Waals surface area contributed by atoms with Gasteiger partial charge in [-0.05, 0) is 17.7 Å². The van der Waals surface area contributed by atoms with Crippen LogP contribution in [0.5, 0.6) is 0 Å². The van der Waals surface area contributed by atoms with Crippen molar-refractivity contribution >= 4 is 24.8 Å². The Hall–Kier alpha value is -2.30. The summed E-state index contributed by atoms with van der Waals surface area (Å²) in [5.74, 6) is -1.08. The van der Waals surface area contributed by atoms with Crippen molar-refractivity contribution in [2.45, 2.75) is 6.42 Å². The molecule has 1 rings (SSSR count). The average molecular weight is 220 g/mol. The fourth-order valence-corrected chi connectivity index (χ4v) is 1.37. The molecule has 0 bridgehead atoms. The largest absolute Gasteiger partial charge is 0.481 e. The van der Waals surface area contributed by atoms with Crippen molar-refractivity contribution in [3.63, 3.8) is 0 Å². The van der Waals surface area contributed by atoms with Crippen LogP contribution in [0.25, 0.3) is 0 Å². The van der Waals surface area contributed by atoms with Gasteiger partial charge in [-0.2, -0.15) is 0 Å². The van der Waals surface area contributed by atoms with Gasteiger partial charge in [-0.1, -0.05) is 0 Å². The molecule has 0 unspecified atom stereocenters. The van der Waals surface area contributed by atoms with E-state index in [1.54, 1.807) is 0 Å². The van der Waals surface area contributed by atoms with E-state index < -0.39 is 5.97 Å². The van der Waals surface area contributed by atoms with Crippen LogP contribution < -0.4 is 0 Å². The van der Waals surface area contributed by atoms with E-state index in [0.717, 1.165) is 0 Å². The summed E-state index contributed by atoms with van der Waals surface area (Å²) in [6, 6.07) is 2.58. The molecule has 5 heteroatoms. The first kappa shape index (κ1) is 11.8. The molecule has 0 spiro atoms. The average Bonchev–Trinajstić information content (AvgIpc) is 2.26. The predicted octanol–water partition coefficient (Wildman–Crippen LogP) is 0.751. The van der Waals surface area contributed by atoms with E-state index in [1.165, 1.54) is 12.1 Å². The molecule has 0 aromatic heterocycles. The van der Waals surface area contributed by atoms with Crippen LogP contribution >= 0.6 is 0 Å². The summed E-state index contributed by atoms with van der Waals surface area (Å²) in [6.07, 6.45) is 0.934. The van der Waals surface area contributed by atoms with E-state index in [2.05, 4.69) is 0 Å². The Morgan fingerprint density at radius 2 is 1.56 bits per heavy atom. The Morgan fingerprint density at radius 3 is 1.88 bits per heavy atom. The van der Waals surface area contributed by atoms with Crippen LogP contribution in [0.15, 0.2) is 12.1 Å². The van der Waals surface area contributed by atoms with E-state index in [4.69, 9.17) is 5.11 Å². The maximum absolute atomic E-state index is 10.7. The second-order valence-corrected chi connectivity index (χ2v) is 3.11. The van der Waals surface area contributed by atoms with Crippen LogP contribution in [0.4, 0.5) is 0 Å². The van der Waals surface area contributed by atoms with Crippen molar-refractivity contribution in [1.82, 2.24) is 0 Å². The highest BCUT2D eigenvalue weighted by molar-refractivity contribution is 5.98. The standard InChI is InChI=1S/C11H8O5/c12-4-8-1-7(3-11(15)16)2-9(5-13)10(8)6-14/h1-2,4-6H,3H2,(H,15,16). The van der Waals surface area contributed by atoms with Gasteiger partial charge in [-0.25, -0.2) is 0 Å². The fourth-order valence-electron chi connectivity index (χ4n) is 1.37. The zero-order valence-electron chi connectivity index (χ0n) is 8.17. The van der Waals surface area contributed by atoms with E-state index in [1.807, 2.05) is 0 Å². The smallest absolute Gasteiger partial charge is 0.307 e. The summed E-state index contributed by atoms with van der Waals surface area (Å²) in [6.45, 7) is 0. The Morgan fingerprint density at radius 1 is 1.06 bits per heavy atom. The molecule has 82 valence electrons. The van der Waals surface area contributed by atoms with Gasteiger partial charge in [-0.15, -0.1) is 0 Å². The molecule has 0 radical (unpaired) electrons. The summed E-state index contributed by atoms with van der Waals surface area (Å²) in [7, 11) is 0. The summed E-state index contributed by atoms with van der Waals surface area (Å²) in [5, 5.41) is 8.57. The van der Waals surface area contributed by atoms with Crippen molar-refractivity contribution in [1.29, 1.82) is 0 Å². The van der Waals surface area contributed by atoms with Crippen molar-refractivity contribution in [2.24, 2.45) is 0 Å². The van der Waals surface area contributed by atoms with Gasteiger partial charge in [0.05, 0.1) is 6.42 Å². The molecule has 1 N–H and O–H groups in total. The Bertz CT molecular complexity index is 432. The number of benzene rings is 1. The molecular formula is C11H8O5. The Balaban J connectivity index is 3.36. The second-order valence-electron chi connectivity index (χ2n) is 3.11. The van der Waals surface area contributed by atoms with Gasteiger partial charge in [0.2, 0.25) is 0 Å². The number of aldehydes is 3. The summed E-state index contributed by atoms with van der Waals surface area (Å²) in [5.41, 5.74) is 0.341. The van der Waals surface area contributed by atoms with Gasteiger partial charge >= 0.3 is 5.97 Å². The molecule has 1 aromatic rings. The number of carbonyl (C=O) groups is 4. The maximum atomic E-state index is 10.7. The first-order valence-corrected chi connectivity index (χ1v) is 4.36. The first-order chi connectivity index (χ1) is 7.62. The zero-order chi connectivity index (χ0) is 12.1. The molecule has 0 heterocycles. The number of rotatable bonds is 5. The van der Waals surface area contributed by atoms with Gasteiger partial charge in [0.15, 0.2) is 18.9 Å². The van der Waals surface area contributed by atoms with Crippen LogP contribution in [0.3, 0.4) is 0 Å². The predicted molar refractivity (Wildman–Crippen MR) is 53.9 cm³/mol. The molecule has 16 heavy (non-hydrogen) atoms. The lowest BCUT2D eigenvalue weighted by atomic mass is 9.98. The topological polar surface area (TPSA) is 88.5 Å². The third-order valence-corrected chi connectivity index (χ3v) is 2.03.